The highest BCUT2D eigenvalue weighted by molar-refractivity contribution is 5.95. The monoisotopic (exact) mass is 526 g/mol. The smallest absolute Gasteiger partial charge is 0.410 e. The highest BCUT2D eigenvalue weighted by Crippen LogP contribution is 2.46. The minimum atomic E-state index is -1.18. The number of aromatic nitrogens is 4. The van der Waals surface area contributed by atoms with Gasteiger partial charge in [0.05, 0.1) is 19.4 Å². The molecule has 2 aromatic rings. The second-order valence-electron chi connectivity index (χ2n) is 10.4. The third-order valence-electron chi connectivity index (χ3n) is 6.61. The van der Waals surface area contributed by atoms with Crippen molar-refractivity contribution in [3.63, 3.8) is 0 Å². The molecule has 2 amide bonds. The van der Waals surface area contributed by atoms with Gasteiger partial charge in [0.15, 0.2) is 5.82 Å². The number of esters is 1. The number of hydrogen-bond donors (Lipinski definition) is 1. The number of ether oxygens (including phenoxy) is 3. The average molecular weight is 527 g/mol. The molecule has 204 valence electrons. The summed E-state index contributed by atoms with van der Waals surface area (Å²) in [5, 5.41) is 15.7. The molecule has 2 aliphatic rings. The van der Waals surface area contributed by atoms with Gasteiger partial charge in [-0.2, -0.15) is 0 Å². The number of likely N-dealkylation sites (tertiary alicyclic amines) is 1. The number of amides is 2. The van der Waals surface area contributed by atoms with Gasteiger partial charge < -0.3 is 19.5 Å². The Morgan fingerprint density at radius 3 is 2.53 bits per heavy atom. The van der Waals surface area contributed by atoms with E-state index in [1.165, 1.54) is 9.70 Å². The molecule has 2 heterocycles. The molecule has 12 heteroatoms. The number of methoxy groups -OCH3 is 1. The molecule has 1 aliphatic carbocycles. The lowest BCUT2D eigenvalue weighted by atomic mass is 10.0. The van der Waals surface area contributed by atoms with Gasteiger partial charge in [-0.25, -0.2) is 9.59 Å². The maximum atomic E-state index is 13.5. The van der Waals surface area contributed by atoms with Crippen LogP contribution in [0.15, 0.2) is 36.9 Å². The Balaban J connectivity index is 1.56. The van der Waals surface area contributed by atoms with Crippen LogP contribution in [0, 0.1) is 5.92 Å². The maximum absolute atomic E-state index is 13.5. The summed E-state index contributed by atoms with van der Waals surface area (Å²) in [7, 11) is 1.58. The van der Waals surface area contributed by atoms with Gasteiger partial charge in [-0.05, 0) is 70.0 Å². The summed E-state index contributed by atoms with van der Waals surface area (Å²) >= 11 is 0. The summed E-state index contributed by atoms with van der Waals surface area (Å²) in [5.74, 6) is -0.525. The predicted octanol–water partition coefficient (Wildman–Crippen LogP) is 2.39. The van der Waals surface area contributed by atoms with Crippen LogP contribution in [0.25, 0.3) is 5.69 Å². The lowest BCUT2D eigenvalue weighted by molar-refractivity contribution is -0.149. The van der Waals surface area contributed by atoms with Crippen molar-refractivity contribution >= 4 is 18.0 Å². The largest absolute Gasteiger partial charge is 0.497 e. The SMILES string of the molecule is C=C[C@@H]1CC1(NC(=O)[C@H]1C[C@@H](c2nnn(-c3ccc(OC)cc3)n2)CN1C(=O)OC(C)(C)C)C(=O)OCC. The standard InChI is InChI=1S/C26H34N6O6/c1-7-17-14-26(17,23(34)37-8-2)27-22(33)20-13-16(15-31(20)24(35)38-25(3,4)5)21-28-30-32(29-21)18-9-11-19(36-6)12-10-18/h7,9-12,16-17,20H,1,8,13-15H2,2-6H3,(H,27,33)/t16-,17-,20-,26?/m1/s1. The minimum absolute atomic E-state index is 0.151. The fourth-order valence-electron chi connectivity index (χ4n) is 4.57. The molecule has 12 nitrogen and oxygen atoms in total. The molecule has 0 spiro atoms. The molecule has 4 atom stereocenters. The first-order valence-electron chi connectivity index (χ1n) is 12.6. The van der Waals surface area contributed by atoms with Gasteiger partial charge in [0.2, 0.25) is 5.91 Å². The number of tetrazole rings is 1. The van der Waals surface area contributed by atoms with E-state index in [-0.39, 0.29) is 31.4 Å². The molecule has 2 fully saturated rings. The Hall–Kier alpha value is -3.96. The maximum Gasteiger partial charge on any atom is 0.410 e. The lowest BCUT2D eigenvalue weighted by Crippen LogP contribution is -2.53. The van der Waals surface area contributed by atoms with Crippen LogP contribution in [0.5, 0.6) is 5.75 Å². The van der Waals surface area contributed by atoms with Gasteiger partial charge >= 0.3 is 12.1 Å². The van der Waals surface area contributed by atoms with Gasteiger partial charge in [0.25, 0.3) is 0 Å². The molecule has 1 aromatic heterocycles. The first-order valence-corrected chi connectivity index (χ1v) is 12.6. The van der Waals surface area contributed by atoms with E-state index in [1.807, 2.05) is 0 Å². The van der Waals surface area contributed by atoms with Crippen LogP contribution in [0.1, 0.15) is 52.3 Å². The number of carbonyl (C=O) groups excluding carboxylic acids is 3. The van der Waals surface area contributed by atoms with Gasteiger partial charge in [-0.3, -0.25) is 9.69 Å². The number of rotatable bonds is 8. The zero-order valence-corrected chi connectivity index (χ0v) is 22.3. The number of carbonyl (C=O) groups is 3. The van der Waals surface area contributed by atoms with Crippen LogP contribution in [-0.2, 0) is 19.1 Å². The van der Waals surface area contributed by atoms with E-state index in [4.69, 9.17) is 14.2 Å². The molecule has 0 bridgehead atoms. The molecule has 1 N–H and O–H groups in total. The molecule has 1 aliphatic heterocycles. The van der Waals surface area contributed by atoms with Crippen molar-refractivity contribution in [3.8, 4) is 11.4 Å². The van der Waals surface area contributed by atoms with Crippen molar-refractivity contribution in [2.75, 3.05) is 20.3 Å². The second-order valence-corrected chi connectivity index (χ2v) is 10.4. The quantitative estimate of drug-likeness (QED) is 0.406. The van der Waals surface area contributed by atoms with E-state index >= 15 is 0 Å². The van der Waals surface area contributed by atoms with E-state index < -0.39 is 35.2 Å². The van der Waals surface area contributed by atoms with E-state index in [0.29, 0.717) is 23.7 Å². The lowest BCUT2D eigenvalue weighted by Gasteiger charge is -2.29. The fourth-order valence-corrected chi connectivity index (χ4v) is 4.57. The fraction of sp³-hybridized carbons (Fsp3) is 0.538. The number of hydrogen-bond acceptors (Lipinski definition) is 9. The zero-order valence-electron chi connectivity index (χ0n) is 22.3. The molecule has 4 rings (SSSR count). The summed E-state index contributed by atoms with van der Waals surface area (Å²) in [6.07, 6.45) is 1.61. The summed E-state index contributed by atoms with van der Waals surface area (Å²) in [5.41, 5.74) is -1.26. The summed E-state index contributed by atoms with van der Waals surface area (Å²) in [6, 6.07) is 6.25. The minimum Gasteiger partial charge on any atom is -0.497 e. The first-order chi connectivity index (χ1) is 18.0. The van der Waals surface area contributed by atoms with Gasteiger partial charge in [0.1, 0.15) is 22.9 Å². The normalized spacial score (nSPS) is 24.4. The molecular weight excluding hydrogens is 492 g/mol. The van der Waals surface area contributed by atoms with Crippen molar-refractivity contribution in [2.24, 2.45) is 5.92 Å². The number of nitrogens with zero attached hydrogens (tertiary/aromatic N) is 5. The average Bonchev–Trinajstić information content (AvgIpc) is 3.21. The molecule has 38 heavy (non-hydrogen) atoms. The van der Waals surface area contributed by atoms with Crippen LogP contribution in [0.3, 0.4) is 0 Å². The molecule has 1 saturated heterocycles. The number of benzene rings is 1. The predicted molar refractivity (Wildman–Crippen MR) is 136 cm³/mol. The van der Waals surface area contributed by atoms with Gasteiger partial charge in [-0.15, -0.1) is 21.6 Å². The highest BCUT2D eigenvalue weighted by Gasteiger charge is 2.62. The Kier molecular flexibility index (Phi) is 7.43. The molecular formula is C26H34N6O6. The van der Waals surface area contributed by atoms with Crippen molar-refractivity contribution in [3.05, 3.63) is 42.7 Å². The van der Waals surface area contributed by atoms with Crippen LogP contribution < -0.4 is 10.1 Å². The Bertz CT molecular complexity index is 1210. The Morgan fingerprint density at radius 2 is 1.95 bits per heavy atom. The summed E-state index contributed by atoms with van der Waals surface area (Å²) < 4.78 is 16.0. The van der Waals surface area contributed by atoms with Crippen LogP contribution in [0.4, 0.5) is 4.79 Å². The molecule has 1 saturated carbocycles. The van der Waals surface area contributed by atoms with Crippen molar-refractivity contribution in [1.82, 2.24) is 30.4 Å². The van der Waals surface area contributed by atoms with E-state index in [1.54, 1.807) is 65.1 Å². The summed E-state index contributed by atoms with van der Waals surface area (Å²) in [4.78, 5) is 42.1. The molecule has 1 aromatic carbocycles. The van der Waals surface area contributed by atoms with Crippen molar-refractivity contribution in [1.29, 1.82) is 0 Å². The van der Waals surface area contributed by atoms with Crippen LogP contribution in [-0.4, -0.2) is 80.5 Å². The van der Waals surface area contributed by atoms with Crippen molar-refractivity contribution in [2.45, 2.75) is 63.6 Å². The summed E-state index contributed by atoms with van der Waals surface area (Å²) in [6.45, 7) is 11.1. The topological polar surface area (TPSA) is 138 Å². The second kappa shape index (κ2) is 10.4. The van der Waals surface area contributed by atoms with Crippen molar-refractivity contribution < 1.29 is 28.6 Å². The van der Waals surface area contributed by atoms with Gasteiger partial charge in [0, 0.05) is 18.4 Å². The van der Waals surface area contributed by atoms with E-state index in [0.717, 1.165) is 0 Å². The van der Waals surface area contributed by atoms with Crippen LogP contribution >= 0.6 is 0 Å². The first kappa shape index (κ1) is 27.1. The third kappa shape index (κ3) is 5.48. The van der Waals surface area contributed by atoms with Crippen LogP contribution in [0.2, 0.25) is 0 Å². The van der Waals surface area contributed by atoms with E-state index in [2.05, 4.69) is 27.3 Å². The zero-order chi connectivity index (χ0) is 27.7. The Morgan fingerprint density at radius 1 is 1.24 bits per heavy atom. The van der Waals surface area contributed by atoms with Gasteiger partial charge in [-0.1, -0.05) is 6.08 Å². The number of nitrogens with one attached hydrogen (secondary N) is 1. The molecule has 0 radical (unpaired) electrons. The highest BCUT2D eigenvalue weighted by atomic mass is 16.6. The Labute approximate surface area is 221 Å². The molecule has 1 unspecified atom stereocenters. The van der Waals surface area contributed by atoms with E-state index in [9.17, 15) is 14.4 Å². The third-order valence-corrected chi connectivity index (χ3v) is 6.61.